The van der Waals surface area contributed by atoms with Crippen molar-refractivity contribution < 1.29 is 35.5 Å². The number of carbonyl (C=O) groups is 1. The predicted molar refractivity (Wildman–Crippen MR) is 125 cm³/mol. The number of benzene rings is 2. The summed E-state index contributed by atoms with van der Waals surface area (Å²) in [5, 5.41) is 4.52. The van der Waals surface area contributed by atoms with Crippen LogP contribution >= 0.6 is 0 Å². The van der Waals surface area contributed by atoms with Crippen LogP contribution < -0.4 is 10.6 Å². The van der Waals surface area contributed by atoms with Gasteiger partial charge in [0.2, 0.25) is 5.91 Å². The Morgan fingerprint density at radius 2 is 1.62 bits per heavy atom. The minimum absolute atomic E-state index is 0.120. The van der Waals surface area contributed by atoms with Crippen molar-refractivity contribution in [3.05, 3.63) is 100 Å². The number of aryl methyl sites for hydroxylation is 2. The fourth-order valence-corrected chi connectivity index (χ4v) is 3.59. The van der Waals surface area contributed by atoms with Gasteiger partial charge in [0.15, 0.2) is 0 Å². The highest BCUT2D eigenvalue weighted by Crippen LogP contribution is 2.37. The normalized spacial score (nSPS) is 12.1. The van der Waals surface area contributed by atoms with Crippen molar-refractivity contribution in [1.29, 1.82) is 0 Å². The number of hydrogen-bond acceptors (Lipinski definition) is 3. The molecule has 4 nitrogen and oxygen atoms in total. The molecular formula is C26H22F7N3O. The Labute approximate surface area is 208 Å². The second-order valence-electron chi connectivity index (χ2n) is 8.01. The number of aromatic nitrogens is 1. The highest BCUT2D eigenvalue weighted by Gasteiger charge is 2.35. The van der Waals surface area contributed by atoms with Crippen LogP contribution in [0.25, 0.3) is 6.08 Å². The van der Waals surface area contributed by atoms with Crippen LogP contribution in [0.5, 0.6) is 0 Å². The molecule has 0 aliphatic rings. The summed E-state index contributed by atoms with van der Waals surface area (Å²) in [6.07, 6.45) is -6.57. The summed E-state index contributed by atoms with van der Waals surface area (Å²) in [4.78, 5) is 16.0. The van der Waals surface area contributed by atoms with Crippen LogP contribution in [0.2, 0.25) is 0 Å². The van der Waals surface area contributed by atoms with E-state index in [0.29, 0.717) is 6.42 Å². The van der Waals surface area contributed by atoms with Crippen LogP contribution in [0.3, 0.4) is 0 Å². The monoisotopic (exact) mass is 525 g/mol. The van der Waals surface area contributed by atoms with E-state index in [4.69, 9.17) is 0 Å². The first-order chi connectivity index (χ1) is 17.4. The van der Waals surface area contributed by atoms with E-state index < -0.39 is 47.6 Å². The molecule has 196 valence electrons. The van der Waals surface area contributed by atoms with Crippen molar-refractivity contribution in [3.63, 3.8) is 0 Å². The van der Waals surface area contributed by atoms with Gasteiger partial charge in [0, 0.05) is 25.4 Å². The average molecular weight is 525 g/mol. The van der Waals surface area contributed by atoms with Crippen LogP contribution in [0.4, 0.5) is 36.4 Å². The minimum Gasteiger partial charge on any atom is -0.385 e. The molecule has 0 atom stereocenters. The Morgan fingerprint density at radius 3 is 2.24 bits per heavy atom. The van der Waals surface area contributed by atoms with Crippen molar-refractivity contribution in [3.8, 4) is 0 Å². The summed E-state index contributed by atoms with van der Waals surface area (Å²) in [5.74, 6) is -1.86. The first-order valence-corrected chi connectivity index (χ1v) is 11.0. The lowest BCUT2D eigenvalue weighted by Gasteiger charge is -2.15. The van der Waals surface area contributed by atoms with Gasteiger partial charge in [-0.2, -0.15) is 26.3 Å². The van der Waals surface area contributed by atoms with Crippen molar-refractivity contribution in [2.24, 2.45) is 0 Å². The Morgan fingerprint density at radius 1 is 0.919 bits per heavy atom. The molecule has 1 aromatic heterocycles. The van der Waals surface area contributed by atoms with Crippen molar-refractivity contribution in [2.75, 3.05) is 12.4 Å². The summed E-state index contributed by atoms with van der Waals surface area (Å²) in [6.45, 7) is -0.403. The molecule has 0 fully saturated rings. The molecule has 1 heterocycles. The zero-order chi connectivity index (χ0) is 27.2. The Bertz CT molecular complexity index is 1270. The van der Waals surface area contributed by atoms with E-state index in [2.05, 4.69) is 15.6 Å². The number of rotatable bonds is 8. The van der Waals surface area contributed by atoms with Crippen LogP contribution in [-0.4, -0.2) is 17.9 Å². The number of alkyl halides is 6. The molecule has 2 aromatic carbocycles. The number of amides is 1. The maximum Gasteiger partial charge on any atom is 0.433 e. The number of anilines is 1. The molecule has 1 amide bonds. The molecular weight excluding hydrogens is 503 g/mol. The molecule has 0 saturated heterocycles. The van der Waals surface area contributed by atoms with E-state index in [0.717, 1.165) is 36.9 Å². The van der Waals surface area contributed by atoms with Gasteiger partial charge in [-0.1, -0.05) is 36.4 Å². The van der Waals surface area contributed by atoms with Gasteiger partial charge in [0.1, 0.15) is 11.5 Å². The van der Waals surface area contributed by atoms with Crippen LogP contribution in [0.1, 0.15) is 33.6 Å². The van der Waals surface area contributed by atoms with Crippen molar-refractivity contribution in [2.45, 2.75) is 31.7 Å². The SMILES string of the molecule is CNc1c(F)cc(CNC(=O)/C=C/c2ccc(C(F)(F)F)nc2CCc2ccccc2)cc1C(F)(F)F. The standard InChI is InChI=1S/C26H22F7N3O/c1-34-24-19(25(28,29)30)13-17(14-20(24)27)15-35-23(37)12-9-18-8-11-22(26(31,32)33)36-21(18)10-7-16-5-3-2-4-6-16/h2-6,8-9,11-14,34H,7,10,15H2,1H3,(H,35,37)/b12-9+. The molecule has 0 spiro atoms. The average Bonchev–Trinajstić information content (AvgIpc) is 2.84. The van der Waals surface area contributed by atoms with E-state index in [1.54, 1.807) is 12.1 Å². The van der Waals surface area contributed by atoms with Crippen LogP contribution in [-0.2, 0) is 36.5 Å². The summed E-state index contributed by atoms with van der Waals surface area (Å²) in [7, 11) is 1.16. The molecule has 3 aromatic rings. The quantitative estimate of drug-likeness (QED) is 0.264. The molecule has 3 rings (SSSR count). The Balaban J connectivity index is 1.76. The second-order valence-corrected chi connectivity index (χ2v) is 8.01. The van der Waals surface area contributed by atoms with Gasteiger partial charge in [0.05, 0.1) is 11.3 Å². The summed E-state index contributed by atoms with van der Waals surface area (Å²) >= 11 is 0. The molecule has 0 radical (unpaired) electrons. The van der Waals surface area contributed by atoms with E-state index in [1.807, 2.05) is 18.2 Å². The number of hydrogen-bond donors (Lipinski definition) is 2. The molecule has 0 unspecified atom stereocenters. The van der Waals surface area contributed by atoms with Gasteiger partial charge in [-0.25, -0.2) is 9.37 Å². The van der Waals surface area contributed by atoms with Crippen molar-refractivity contribution >= 4 is 17.7 Å². The molecule has 11 heteroatoms. The molecule has 2 N–H and O–H groups in total. The fourth-order valence-electron chi connectivity index (χ4n) is 3.59. The summed E-state index contributed by atoms with van der Waals surface area (Å²) in [6, 6.07) is 12.7. The second kappa shape index (κ2) is 11.4. The highest BCUT2D eigenvalue weighted by atomic mass is 19.4. The lowest BCUT2D eigenvalue weighted by atomic mass is 10.0. The lowest BCUT2D eigenvalue weighted by molar-refractivity contribution is -0.141. The summed E-state index contributed by atoms with van der Waals surface area (Å²) < 4.78 is 93.3. The third-order valence-corrected chi connectivity index (χ3v) is 5.38. The van der Waals surface area contributed by atoms with Crippen LogP contribution in [0.15, 0.2) is 60.7 Å². The maximum atomic E-state index is 14.1. The number of pyridine rings is 1. The van der Waals surface area contributed by atoms with Gasteiger partial charge in [-0.05, 0) is 53.8 Å². The Kier molecular flexibility index (Phi) is 8.57. The fraction of sp³-hybridized carbons (Fsp3) is 0.231. The van der Waals surface area contributed by atoms with Gasteiger partial charge < -0.3 is 10.6 Å². The number of halogens is 7. The van der Waals surface area contributed by atoms with Gasteiger partial charge in [0.25, 0.3) is 0 Å². The van der Waals surface area contributed by atoms with Gasteiger partial charge >= 0.3 is 12.4 Å². The molecule has 0 bridgehead atoms. The molecule has 37 heavy (non-hydrogen) atoms. The zero-order valence-electron chi connectivity index (χ0n) is 19.5. The van der Waals surface area contributed by atoms with Gasteiger partial charge in [-0.15, -0.1) is 0 Å². The van der Waals surface area contributed by atoms with Crippen molar-refractivity contribution in [1.82, 2.24) is 10.3 Å². The van der Waals surface area contributed by atoms with E-state index in [9.17, 15) is 35.5 Å². The van der Waals surface area contributed by atoms with E-state index in [1.165, 1.54) is 12.1 Å². The molecule has 0 aliphatic heterocycles. The minimum atomic E-state index is -4.81. The predicted octanol–water partition coefficient (Wildman–Crippen LogP) is 6.41. The zero-order valence-corrected chi connectivity index (χ0v) is 19.5. The maximum absolute atomic E-state index is 14.1. The smallest absolute Gasteiger partial charge is 0.385 e. The topological polar surface area (TPSA) is 54.0 Å². The van der Waals surface area contributed by atoms with Crippen LogP contribution in [0, 0.1) is 5.82 Å². The number of carbonyl (C=O) groups excluding carboxylic acids is 1. The van der Waals surface area contributed by atoms with Gasteiger partial charge in [-0.3, -0.25) is 4.79 Å². The Hall–Kier alpha value is -3.89. The number of nitrogens with zero attached hydrogens (tertiary/aromatic N) is 1. The highest BCUT2D eigenvalue weighted by molar-refractivity contribution is 5.91. The van der Waals surface area contributed by atoms with E-state index in [-0.39, 0.29) is 23.2 Å². The summed E-state index contributed by atoms with van der Waals surface area (Å²) in [5.41, 5.74) is -1.81. The third kappa shape index (κ3) is 7.55. The number of nitrogens with one attached hydrogen (secondary N) is 2. The third-order valence-electron chi connectivity index (χ3n) is 5.38. The largest absolute Gasteiger partial charge is 0.433 e. The molecule has 0 saturated carbocycles. The lowest BCUT2D eigenvalue weighted by Crippen LogP contribution is -2.21. The van der Waals surface area contributed by atoms with E-state index >= 15 is 0 Å². The first-order valence-electron chi connectivity index (χ1n) is 11.0. The first kappa shape index (κ1) is 27.7. The molecule has 0 aliphatic carbocycles.